The van der Waals surface area contributed by atoms with Crippen LogP contribution in [0.1, 0.15) is 19.8 Å². The zero-order chi connectivity index (χ0) is 10.6. The van der Waals surface area contributed by atoms with Gasteiger partial charge in [0.1, 0.15) is 0 Å². The molecule has 14 heavy (non-hydrogen) atoms. The van der Waals surface area contributed by atoms with Crippen molar-refractivity contribution >= 4 is 17.0 Å². The lowest BCUT2D eigenvalue weighted by Crippen LogP contribution is -2.30. The van der Waals surface area contributed by atoms with E-state index in [9.17, 15) is 4.79 Å². The number of unbranched alkanes of at least 4 members (excludes halogenated alkanes) is 1. The molecule has 4 nitrogen and oxygen atoms in total. The van der Waals surface area contributed by atoms with Crippen molar-refractivity contribution in [3.05, 3.63) is 0 Å². The molecule has 0 aromatic heterocycles. The molecule has 1 aliphatic heterocycles. The van der Waals surface area contributed by atoms with Crippen LogP contribution >= 0.6 is 11.6 Å². The average Bonchev–Trinajstić information content (AvgIpc) is 2.21. The Hall–Kier alpha value is -0.320. The number of hydrogen-bond donors (Lipinski definition) is 1. The van der Waals surface area contributed by atoms with E-state index in [0.717, 1.165) is 39.1 Å². The molecule has 0 unspecified atom stereocenters. The SMILES string of the molecule is C1COCCN1.CCCCOC(=O)Cl. The Bertz CT molecular complexity index is 129. The summed E-state index contributed by atoms with van der Waals surface area (Å²) >= 11 is 4.85. The van der Waals surface area contributed by atoms with Crippen molar-refractivity contribution in [3.8, 4) is 0 Å². The van der Waals surface area contributed by atoms with Gasteiger partial charge in [0.05, 0.1) is 19.8 Å². The maximum Gasteiger partial charge on any atom is 0.403 e. The predicted octanol–water partition coefficient (Wildman–Crippen LogP) is 1.77. The fourth-order valence-corrected chi connectivity index (χ4v) is 0.890. The van der Waals surface area contributed by atoms with Crippen LogP contribution in [0.15, 0.2) is 0 Å². The highest BCUT2D eigenvalue weighted by molar-refractivity contribution is 6.61. The van der Waals surface area contributed by atoms with Crippen LogP contribution in [-0.4, -0.2) is 38.3 Å². The third-order valence-corrected chi connectivity index (χ3v) is 1.67. The molecule has 0 aliphatic carbocycles. The molecule has 1 fully saturated rings. The molecular formula is C9H18ClNO3. The van der Waals surface area contributed by atoms with Gasteiger partial charge in [0.2, 0.25) is 0 Å². The van der Waals surface area contributed by atoms with Crippen LogP contribution in [0.4, 0.5) is 4.79 Å². The van der Waals surface area contributed by atoms with E-state index in [4.69, 9.17) is 16.3 Å². The lowest BCUT2D eigenvalue weighted by atomic mass is 10.4. The number of carbonyl (C=O) groups is 1. The van der Waals surface area contributed by atoms with Gasteiger partial charge in [-0.25, -0.2) is 4.79 Å². The van der Waals surface area contributed by atoms with Crippen molar-refractivity contribution in [1.29, 1.82) is 0 Å². The second-order valence-electron chi connectivity index (χ2n) is 2.80. The summed E-state index contributed by atoms with van der Waals surface area (Å²) in [5, 5.41) is 3.16. The van der Waals surface area contributed by atoms with Crippen molar-refractivity contribution in [2.24, 2.45) is 0 Å². The van der Waals surface area contributed by atoms with E-state index < -0.39 is 5.43 Å². The third-order valence-electron chi connectivity index (χ3n) is 1.56. The zero-order valence-electron chi connectivity index (χ0n) is 8.55. The minimum absolute atomic E-state index is 0.443. The third kappa shape index (κ3) is 11.7. The standard InChI is InChI=1S/C5H9ClO2.C4H9NO/c1-2-3-4-8-5(6)7;1-3-6-4-2-5-1/h2-4H2,1H3;5H,1-4H2. The van der Waals surface area contributed by atoms with Gasteiger partial charge in [-0.05, 0) is 6.42 Å². The topological polar surface area (TPSA) is 47.6 Å². The van der Waals surface area contributed by atoms with Gasteiger partial charge in [0.25, 0.3) is 0 Å². The first-order chi connectivity index (χ1) is 6.77. The lowest BCUT2D eigenvalue weighted by Gasteiger charge is -2.10. The van der Waals surface area contributed by atoms with Crippen molar-refractivity contribution in [3.63, 3.8) is 0 Å². The van der Waals surface area contributed by atoms with Crippen LogP contribution in [0.25, 0.3) is 0 Å². The first kappa shape index (κ1) is 13.7. The maximum absolute atomic E-state index is 9.86. The number of morpholine rings is 1. The average molecular weight is 224 g/mol. The van der Waals surface area contributed by atoms with Gasteiger partial charge in [-0.2, -0.15) is 0 Å². The van der Waals surface area contributed by atoms with Crippen molar-refractivity contribution in [2.75, 3.05) is 32.9 Å². The molecule has 1 N–H and O–H groups in total. The van der Waals surface area contributed by atoms with Crippen LogP contribution in [0.5, 0.6) is 0 Å². The number of rotatable bonds is 3. The fourth-order valence-electron chi connectivity index (χ4n) is 0.812. The van der Waals surface area contributed by atoms with E-state index in [-0.39, 0.29) is 0 Å². The fraction of sp³-hybridized carbons (Fsp3) is 0.889. The first-order valence-corrected chi connectivity index (χ1v) is 5.26. The Kier molecular flexibility index (Phi) is 10.5. The van der Waals surface area contributed by atoms with E-state index in [2.05, 4.69) is 10.1 Å². The summed E-state index contributed by atoms with van der Waals surface area (Å²) in [4.78, 5) is 9.86. The van der Waals surface area contributed by atoms with Gasteiger partial charge >= 0.3 is 5.43 Å². The minimum Gasteiger partial charge on any atom is -0.454 e. The predicted molar refractivity (Wildman–Crippen MR) is 55.8 cm³/mol. The Balaban J connectivity index is 0.000000249. The monoisotopic (exact) mass is 223 g/mol. The summed E-state index contributed by atoms with van der Waals surface area (Å²) < 4.78 is 9.42. The van der Waals surface area contributed by atoms with Crippen LogP contribution < -0.4 is 5.32 Å². The molecule has 0 atom stereocenters. The minimum atomic E-state index is -0.710. The molecule has 0 radical (unpaired) electrons. The lowest BCUT2D eigenvalue weighted by molar-refractivity contribution is 0.109. The molecule has 1 rings (SSSR count). The number of halogens is 1. The second-order valence-corrected chi connectivity index (χ2v) is 3.11. The first-order valence-electron chi connectivity index (χ1n) is 4.88. The van der Waals surface area contributed by atoms with E-state index >= 15 is 0 Å². The molecule has 0 aromatic rings. The summed E-state index contributed by atoms with van der Waals surface area (Å²) in [5.41, 5.74) is -0.710. The summed E-state index contributed by atoms with van der Waals surface area (Å²) in [7, 11) is 0. The maximum atomic E-state index is 9.86. The Labute approximate surface area is 89.9 Å². The molecule has 0 saturated carbocycles. The molecule has 5 heteroatoms. The highest BCUT2D eigenvalue weighted by Crippen LogP contribution is 1.91. The Morgan fingerprint density at radius 3 is 2.43 bits per heavy atom. The summed E-state index contributed by atoms with van der Waals surface area (Å²) in [6, 6.07) is 0. The quantitative estimate of drug-likeness (QED) is 0.585. The molecule has 84 valence electrons. The van der Waals surface area contributed by atoms with Gasteiger partial charge in [0, 0.05) is 24.7 Å². The van der Waals surface area contributed by atoms with Gasteiger partial charge in [-0.1, -0.05) is 13.3 Å². The highest BCUT2D eigenvalue weighted by atomic mass is 35.5. The summed E-state index contributed by atoms with van der Waals surface area (Å²) in [6.45, 7) is 6.29. The molecule has 1 heterocycles. The Morgan fingerprint density at radius 2 is 2.14 bits per heavy atom. The molecular weight excluding hydrogens is 206 g/mol. The van der Waals surface area contributed by atoms with Gasteiger partial charge in [-0.15, -0.1) is 0 Å². The highest BCUT2D eigenvalue weighted by Gasteiger charge is 1.93. The molecule has 0 spiro atoms. The zero-order valence-corrected chi connectivity index (χ0v) is 9.31. The van der Waals surface area contributed by atoms with E-state index in [1.165, 1.54) is 0 Å². The van der Waals surface area contributed by atoms with Gasteiger partial charge < -0.3 is 14.8 Å². The van der Waals surface area contributed by atoms with Crippen molar-refractivity contribution in [1.82, 2.24) is 5.32 Å². The van der Waals surface area contributed by atoms with Crippen molar-refractivity contribution < 1.29 is 14.3 Å². The van der Waals surface area contributed by atoms with E-state index in [1.54, 1.807) is 0 Å². The van der Waals surface area contributed by atoms with Crippen LogP contribution in [0.2, 0.25) is 0 Å². The normalized spacial score (nSPS) is 15.3. The molecule has 0 bridgehead atoms. The molecule has 0 amide bonds. The molecule has 1 saturated heterocycles. The number of ether oxygens (including phenoxy) is 2. The second kappa shape index (κ2) is 10.8. The van der Waals surface area contributed by atoms with Crippen LogP contribution in [0.3, 0.4) is 0 Å². The van der Waals surface area contributed by atoms with Crippen molar-refractivity contribution in [2.45, 2.75) is 19.8 Å². The van der Waals surface area contributed by atoms with Gasteiger partial charge in [-0.3, -0.25) is 0 Å². The molecule has 0 aromatic carbocycles. The largest absolute Gasteiger partial charge is 0.454 e. The smallest absolute Gasteiger partial charge is 0.403 e. The number of hydrogen-bond acceptors (Lipinski definition) is 4. The van der Waals surface area contributed by atoms with E-state index in [1.807, 2.05) is 6.92 Å². The number of nitrogens with one attached hydrogen (secondary N) is 1. The van der Waals surface area contributed by atoms with Crippen LogP contribution in [0, 0.1) is 0 Å². The summed E-state index contributed by atoms with van der Waals surface area (Å²) in [6.07, 6.45) is 1.91. The number of carbonyl (C=O) groups excluding carboxylic acids is 1. The Morgan fingerprint density at radius 1 is 1.50 bits per heavy atom. The van der Waals surface area contributed by atoms with E-state index in [0.29, 0.717) is 6.61 Å². The molecule has 1 aliphatic rings. The summed E-state index contributed by atoms with van der Waals surface area (Å²) in [5.74, 6) is 0. The van der Waals surface area contributed by atoms with Crippen LogP contribution in [-0.2, 0) is 9.47 Å². The van der Waals surface area contributed by atoms with Gasteiger partial charge in [0.15, 0.2) is 0 Å².